The van der Waals surface area contributed by atoms with E-state index in [1.165, 1.54) is 5.56 Å². The van der Waals surface area contributed by atoms with Gasteiger partial charge in [0.25, 0.3) is 0 Å². The molecule has 0 radical (unpaired) electrons. The first-order valence-corrected chi connectivity index (χ1v) is 6.85. The van der Waals surface area contributed by atoms with Gasteiger partial charge in [-0.1, -0.05) is 32.9 Å². The molecule has 0 aliphatic carbocycles. The molecule has 3 heteroatoms. The Hall–Kier alpha value is -1.35. The van der Waals surface area contributed by atoms with Crippen molar-refractivity contribution in [1.29, 1.82) is 0 Å². The summed E-state index contributed by atoms with van der Waals surface area (Å²) in [6.45, 7) is 8.62. The molecular weight excluding hydrogens is 242 g/mol. The van der Waals surface area contributed by atoms with Crippen LogP contribution in [0.25, 0.3) is 10.4 Å². The zero-order valence-electron chi connectivity index (χ0n) is 11.6. The van der Waals surface area contributed by atoms with Crippen LogP contribution in [-0.2, 0) is 5.41 Å². The number of nitrogens with zero attached hydrogens (tertiary/aromatic N) is 1. The Kier molecular flexibility index (Phi) is 3.44. The van der Waals surface area contributed by atoms with Crippen LogP contribution in [-0.4, -0.2) is 12.1 Å². The molecule has 0 spiro atoms. The number of aryl methyl sites for hydroxylation is 1. The van der Waals surface area contributed by atoms with Gasteiger partial charge in [0.1, 0.15) is 5.75 Å². The van der Waals surface area contributed by atoms with E-state index in [4.69, 9.17) is 4.74 Å². The number of aromatic nitrogens is 1. The topological polar surface area (TPSA) is 22.1 Å². The van der Waals surface area contributed by atoms with Gasteiger partial charge < -0.3 is 4.74 Å². The molecule has 0 saturated carbocycles. The highest BCUT2D eigenvalue weighted by Gasteiger charge is 2.21. The molecule has 0 unspecified atom stereocenters. The third kappa shape index (κ3) is 2.41. The third-order valence-electron chi connectivity index (χ3n) is 2.91. The lowest BCUT2D eigenvalue weighted by Gasteiger charge is -2.23. The van der Waals surface area contributed by atoms with Gasteiger partial charge in [-0.15, -0.1) is 11.3 Å². The van der Waals surface area contributed by atoms with Crippen LogP contribution < -0.4 is 4.74 Å². The van der Waals surface area contributed by atoms with Crippen molar-refractivity contribution in [2.24, 2.45) is 0 Å². The second-order valence-corrected chi connectivity index (χ2v) is 6.61. The summed E-state index contributed by atoms with van der Waals surface area (Å²) in [5, 5.41) is 1.08. The molecule has 0 aliphatic heterocycles. The maximum absolute atomic E-state index is 5.65. The average Bonchev–Trinajstić information content (AvgIpc) is 2.73. The van der Waals surface area contributed by atoms with Crippen molar-refractivity contribution in [3.63, 3.8) is 0 Å². The van der Waals surface area contributed by atoms with E-state index in [9.17, 15) is 0 Å². The van der Waals surface area contributed by atoms with Crippen LogP contribution in [0.15, 0.2) is 24.4 Å². The molecule has 1 aromatic heterocycles. The van der Waals surface area contributed by atoms with Gasteiger partial charge >= 0.3 is 0 Å². The molecule has 18 heavy (non-hydrogen) atoms. The fraction of sp³-hybridized carbons (Fsp3) is 0.400. The molecule has 1 aromatic carbocycles. The Labute approximate surface area is 113 Å². The van der Waals surface area contributed by atoms with Gasteiger partial charge in [-0.2, -0.15) is 0 Å². The SMILES string of the molecule is COc1c(-c2cnc(C)s2)cccc1C(C)(C)C. The van der Waals surface area contributed by atoms with Gasteiger partial charge in [0, 0.05) is 17.3 Å². The van der Waals surface area contributed by atoms with Crippen LogP contribution in [0.1, 0.15) is 31.3 Å². The van der Waals surface area contributed by atoms with E-state index >= 15 is 0 Å². The predicted octanol–water partition coefficient (Wildman–Crippen LogP) is 4.42. The van der Waals surface area contributed by atoms with Gasteiger partial charge in [-0.05, 0) is 18.4 Å². The molecular formula is C15H19NOS. The van der Waals surface area contributed by atoms with Crippen molar-refractivity contribution in [1.82, 2.24) is 4.98 Å². The number of hydrogen-bond donors (Lipinski definition) is 0. The number of hydrogen-bond acceptors (Lipinski definition) is 3. The third-order valence-corrected chi connectivity index (χ3v) is 3.86. The highest BCUT2D eigenvalue weighted by atomic mass is 32.1. The Balaban J connectivity index is 2.62. The molecule has 0 fully saturated rings. The highest BCUT2D eigenvalue weighted by Crippen LogP contribution is 2.40. The molecule has 0 atom stereocenters. The minimum absolute atomic E-state index is 0.0705. The molecule has 2 nitrogen and oxygen atoms in total. The molecule has 2 aromatic rings. The van der Waals surface area contributed by atoms with Crippen LogP contribution in [0.3, 0.4) is 0 Å². The number of para-hydroxylation sites is 1. The number of rotatable bonds is 2. The Bertz CT molecular complexity index is 552. The van der Waals surface area contributed by atoms with Crippen molar-refractivity contribution in [3.05, 3.63) is 35.0 Å². The molecule has 0 bridgehead atoms. The van der Waals surface area contributed by atoms with Crippen molar-refractivity contribution in [2.75, 3.05) is 7.11 Å². The van der Waals surface area contributed by atoms with Crippen molar-refractivity contribution in [3.8, 4) is 16.2 Å². The largest absolute Gasteiger partial charge is 0.496 e. The van der Waals surface area contributed by atoms with Gasteiger partial charge in [0.15, 0.2) is 0 Å². The maximum atomic E-state index is 5.65. The second kappa shape index (κ2) is 4.73. The number of methoxy groups -OCH3 is 1. The lowest BCUT2D eigenvalue weighted by molar-refractivity contribution is 0.399. The van der Waals surface area contributed by atoms with Crippen LogP contribution in [0.5, 0.6) is 5.75 Å². The summed E-state index contributed by atoms with van der Waals surface area (Å²) in [7, 11) is 1.74. The zero-order chi connectivity index (χ0) is 13.3. The van der Waals surface area contributed by atoms with Gasteiger partial charge in [-0.25, -0.2) is 4.98 Å². The summed E-state index contributed by atoms with van der Waals surface area (Å²) < 4.78 is 5.65. The van der Waals surface area contributed by atoms with E-state index in [0.717, 1.165) is 21.2 Å². The fourth-order valence-electron chi connectivity index (χ4n) is 2.03. The van der Waals surface area contributed by atoms with Crippen LogP contribution >= 0.6 is 11.3 Å². The number of benzene rings is 1. The monoisotopic (exact) mass is 261 g/mol. The Morgan fingerprint density at radius 3 is 2.44 bits per heavy atom. The minimum atomic E-state index is 0.0705. The van der Waals surface area contributed by atoms with E-state index in [0.29, 0.717) is 0 Å². The molecule has 0 saturated heterocycles. The highest BCUT2D eigenvalue weighted by molar-refractivity contribution is 7.15. The maximum Gasteiger partial charge on any atom is 0.131 e. The summed E-state index contributed by atoms with van der Waals surface area (Å²) >= 11 is 1.70. The molecule has 0 aliphatic rings. The fourth-order valence-corrected chi connectivity index (χ4v) is 2.83. The summed E-state index contributed by atoms with van der Waals surface area (Å²) in [5.74, 6) is 0.966. The van der Waals surface area contributed by atoms with Crippen LogP contribution in [0.4, 0.5) is 0 Å². The van der Waals surface area contributed by atoms with Crippen molar-refractivity contribution in [2.45, 2.75) is 33.1 Å². The van der Waals surface area contributed by atoms with E-state index in [2.05, 4.69) is 44.0 Å². The zero-order valence-corrected chi connectivity index (χ0v) is 12.4. The van der Waals surface area contributed by atoms with Gasteiger partial charge in [-0.3, -0.25) is 0 Å². The first kappa shape index (κ1) is 13.1. The molecule has 0 amide bonds. The Morgan fingerprint density at radius 2 is 1.94 bits per heavy atom. The number of ether oxygens (including phenoxy) is 1. The summed E-state index contributed by atoms with van der Waals surface area (Å²) in [6.07, 6.45) is 1.92. The lowest BCUT2D eigenvalue weighted by Crippen LogP contribution is -2.13. The van der Waals surface area contributed by atoms with Crippen molar-refractivity contribution < 1.29 is 4.74 Å². The Morgan fingerprint density at radius 1 is 1.22 bits per heavy atom. The smallest absolute Gasteiger partial charge is 0.131 e. The van der Waals surface area contributed by atoms with E-state index in [-0.39, 0.29) is 5.41 Å². The summed E-state index contributed by atoms with van der Waals surface area (Å²) in [4.78, 5) is 5.49. The van der Waals surface area contributed by atoms with E-state index in [1.54, 1.807) is 18.4 Å². The van der Waals surface area contributed by atoms with Gasteiger partial charge in [0.05, 0.1) is 17.0 Å². The van der Waals surface area contributed by atoms with Crippen LogP contribution in [0.2, 0.25) is 0 Å². The first-order chi connectivity index (χ1) is 8.43. The second-order valence-electron chi connectivity index (χ2n) is 5.38. The van der Waals surface area contributed by atoms with Crippen LogP contribution in [0, 0.1) is 6.92 Å². The normalized spacial score (nSPS) is 11.6. The number of thiazole rings is 1. The molecule has 1 heterocycles. The predicted molar refractivity (Wildman–Crippen MR) is 77.5 cm³/mol. The first-order valence-electron chi connectivity index (χ1n) is 6.04. The minimum Gasteiger partial charge on any atom is -0.496 e. The summed E-state index contributed by atoms with van der Waals surface area (Å²) in [6, 6.07) is 6.32. The quantitative estimate of drug-likeness (QED) is 0.798. The van der Waals surface area contributed by atoms with Crippen molar-refractivity contribution >= 4 is 11.3 Å². The van der Waals surface area contributed by atoms with Gasteiger partial charge in [0.2, 0.25) is 0 Å². The molecule has 0 N–H and O–H groups in total. The van der Waals surface area contributed by atoms with E-state index in [1.807, 2.05) is 13.1 Å². The molecule has 2 rings (SSSR count). The standard InChI is InChI=1S/C15H19NOS/c1-10-16-9-13(18-10)11-7-6-8-12(14(11)17-5)15(2,3)4/h6-9H,1-5H3. The summed E-state index contributed by atoms with van der Waals surface area (Å²) in [5.41, 5.74) is 2.44. The molecule has 96 valence electrons. The van der Waals surface area contributed by atoms with E-state index < -0.39 is 0 Å². The lowest BCUT2D eigenvalue weighted by atomic mass is 9.85. The average molecular weight is 261 g/mol.